The Morgan fingerprint density at radius 1 is 1.27 bits per heavy atom. The summed E-state index contributed by atoms with van der Waals surface area (Å²) in [7, 11) is -3.31. The van der Waals surface area contributed by atoms with Crippen LogP contribution < -0.4 is 9.62 Å². The lowest BCUT2D eigenvalue weighted by molar-refractivity contribution is -0.115. The lowest BCUT2D eigenvalue weighted by Crippen LogP contribution is -2.34. The quantitative estimate of drug-likeness (QED) is 0.649. The number of hydrogen-bond donors (Lipinski definition) is 1. The number of fused-ring (bicyclic) bond motifs is 1. The molecule has 1 N–H and O–H groups in total. The molecule has 0 radical (unpaired) electrons. The van der Waals surface area contributed by atoms with E-state index in [4.69, 9.17) is 0 Å². The first-order chi connectivity index (χ1) is 14.2. The minimum atomic E-state index is -3.31. The van der Waals surface area contributed by atoms with Gasteiger partial charge in [-0.25, -0.2) is 13.4 Å². The molecule has 1 aromatic heterocycles. The van der Waals surface area contributed by atoms with Crippen molar-refractivity contribution in [3.8, 4) is 11.3 Å². The van der Waals surface area contributed by atoms with E-state index in [1.165, 1.54) is 21.9 Å². The van der Waals surface area contributed by atoms with E-state index in [0.29, 0.717) is 6.42 Å². The Balaban J connectivity index is 1.50. The van der Waals surface area contributed by atoms with Gasteiger partial charge >= 0.3 is 0 Å². The van der Waals surface area contributed by atoms with Crippen LogP contribution in [0.25, 0.3) is 11.3 Å². The van der Waals surface area contributed by atoms with Crippen LogP contribution in [-0.4, -0.2) is 31.6 Å². The number of nitrogens with one attached hydrogen (secondary N) is 1. The molecular formula is C22H23N3O3S2. The monoisotopic (exact) mass is 441 g/mol. The van der Waals surface area contributed by atoms with Crippen LogP contribution in [0, 0.1) is 6.92 Å². The highest BCUT2D eigenvalue weighted by atomic mass is 32.2. The van der Waals surface area contributed by atoms with Gasteiger partial charge in [0.05, 0.1) is 24.1 Å². The SMILES string of the molecule is Cc1ccccc1NC(=O)Cc1nc(-c2ccc3c(c2)C[C@H](C)N3S(C)(=O)=O)cs1. The molecule has 4 rings (SSSR count). The molecule has 1 atom stereocenters. The second-order valence-electron chi connectivity index (χ2n) is 7.62. The highest BCUT2D eigenvalue weighted by Gasteiger charge is 2.32. The predicted molar refractivity (Wildman–Crippen MR) is 122 cm³/mol. The summed E-state index contributed by atoms with van der Waals surface area (Å²) in [5.41, 5.74) is 5.28. The van der Waals surface area contributed by atoms with Crippen molar-refractivity contribution in [1.29, 1.82) is 0 Å². The summed E-state index contributed by atoms with van der Waals surface area (Å²) in [4.78, 5) is 17.0. The van der Waals surface area contributed by atoms with E-state index >= 15 is 0 Å². The molecule has 30 heavy (non-hydrogen) atoms. The van der Waals surface area contributed by atoms with Crippen molar-refractivity contribution in [2.45, 2.75) is 32.7 Å². The Kier molecular flexibility index (Phi) is 5.38. The van der Waals surface area contributed by atoms with E-state index in [0.717, 1.165) is 38.8 Å². The first kappa shape index (κ1) is 20.6. The number of carbonyl (C=O) groups excluding carboxylic acids is 1. The highest BCUT2D eigenvalue weighted by molar-refractivity contribution is 7.92. The Morgan fingerprint density at radius 3 is 2.77 bits per heavy atom. The number of nitrogens with zero attached hydrogens (tertiary/aromatic N) is 2. The molecule has 6 nitrogen and oxygen atoms in total. The van der Waals surface area contributed by atoms with Crippen molar-refractivity contribution in [2.24, 2.45) is 0 Å². The van der Waals surface area contributed by atoms with Crippen LogP contribution >= 0.6 is 11.3 Å². The van der Waals surface area contributed by atoms with Crippen molar-refractivity contribution in [2.75, 3.05) is 15.9 Å². The van der Waals surface area contributed by atoms with Crippen LogP contribution in [0.5, 0.6) is 0 Å². The van der Waals surface area contributed by atoms with Crippen molar-refractivity contribution in [3.05, 3.63) is 64.0 Å². The van der Waals surface area contributed by atoms with Crippen molar-refractivity contribution in [1.82, 2.24) is 4.98 Å². The number of rotatable bonds is 5. The van der Waals surface area contributed by atoms with Gasteiger partial charge in [-0.2, -0.15) is 0 Å². The number of benzene rings is 2. The number of hydrogen-bond acceptors (Lipinski definition) is 5. The molecule has 0 bridgehead atoms. The number of amides is 1. The van der Waals surface area contributed by atoms with E-state index in [9.17, 15) is 13.2 Å². The molecule has 2 aromatic carbocycles. The maximum Gasteiger partial charge on any atom is 0.232 e. The smallest absolute Gasteiger partial charge is 0.232 e. The molecule has 0 spiro atoms. The molecule has 156 valence electrons. The first-order valence-corrected chi connectivity index (χ1v) is 12.4. The summed E-state index contributed by atoms with van der Waals surface area (Å²) >= 11 is 1.45. The fourth-order valence-corrected chi connectivity index (χ4v) is 5.90. The van der Waals surface area contributed by atoms with E-state index in [2.05, 4.69) is 10.3 Å². The highest BCUT2D eigenvalue weighted by Crippen LogP contribution is 2.37. The number of carbonyl (C=O) groups is 1. The standard InChI is InChI=1S/C22H23N3O3S2/c1-14-6-4-5-7-18(14)23-21(26)12-22-24-19(13-29-22)16-8-9-20-17(11-16)10-15(2)25(20)30(3,27)28/h4-9,11,13,15H,10,12H2,1-3H3,(H,23,26)/t15-/m0/s1. The van der Waals surface area contributed by atoms with Crippen LogP contribution in [0.2, 0.25) is 0 Å². The third-order valence-electron chi connectivity index (χ3n) is 5.17. The molecular weight excluding hydrogens is 418 g/mol. The van der Waals surface area contributed by atoms with Gasteiger partial charge in [0.25, 0.3) is 0 Å². The minimum absolute atomic E-state index is 0.0959. The zero-order chi connectivity index (χ0) is 21.5. The Hall–Kier alpha value is -2.71. The van der Waals surface area contributed by atoms with Gasteiger partial charge in [0.1, 0.15) is 5.01 Å². The number of para-hydroxylation sites is 1. The van der Waals surface area contributed by atoms with E-state index in [1.54, 1.807) is 0 Å². The molecule has 0 saturated carbocycles. The van der Waals surface area contributed by atoms with E-state index in [-0.39, 0.29) is 18.4 Å². The molecule has 3 aromatic rings. The number of aryl methyl sites for hydroxylation is 1. The molecule has 2 heterocycles. The normalized spacial score (nSPS) is 15.8. The van der Waals surface area contributed by atoms with Gasteiger partial charge in [-0.15, -0.1) is 11.3 Å². The van der Waals surface area contributed by atoms with Crippen molar-refractivity contribution in [3.63, 3.8) is 0 Å². The second kappa shape index (κ2) is 7.85. The molecule has 0 aliphatic carbocycles. The second-order valence-corrected chi connectivity index (χ2v) is 10.4. The first-order valence-electron chi connectivity index (χ1n) is 9.65. The number of anilines is 2. The van der Waals surface area contributed by atoms with Gasteiger partial charge in [0.2, 0.25) is 15.9 Å². The average molecular weight is 442 g/mol. The van der Waals surface area contributed by atoms with Crippen LogP contribution in [0.15, 0.2) is 47.8 Å². The molecule has 0 saturated heterocycles. The van der Waals surface area contributed by atoms with Gasteiger partial charge in [-0.1, -0.05) is 24.3 Å². The minimum Gasteiger partial charge on any atom is -0.325 e. The third-order valence-corrected chi connectivity index (χ3v) is 7.29. The predicted octanol–water partition coefficient (Wildman–Crippen LogP) is 4.01. The van der Waals surface area contributed by atoms with Crippen LogP contribution in [0.3, 0.4) is 0 Å². The average Bonchev–Trinajstić information content (AvgIpc) is 3.25. The van der Waals surface area contributed by atoms with Crippen LogP contribution in [-0.2, 0) is 27.7 Å². The third kappa shape index (κ3) is 4.11. The number of thiazole rings is 1. The maximum atomic E-state index is 12.4. The zero-order valence-corrected chi connectivity index (χ0v) is 18.7. The molecule has 8 heteroatoms. The Labute approximate surface area is 180 Å². The fraction of sp³-hybridized carbons (Fsp3) is 0.273. The number of aromatic nitrogens is 1. The summed E-state index contributed by atoms with van der Waals surface area (Å²) in [6.07, 6.45) is 2.12. The zero-order valence-electron chi connectivity index (χ0n) is 17.0. The molecule has 1 aliphatic heterocycles. The molecule has 1 amide bonds. The topological polar surface area (TPSA) is 79.4 Å². The van der Waals surface area contributed by atoms with Gasteiger partial charge in [0.15, 0.2) is 0 Å². The van der Waals surface area contributed by atoms with E-state index < -0.39 is 10.0 Å². The maximum absolute atomic E-state index is 12.4. The van der Waals surface area contributed by atoms with E-state index in [1.807, 2.05) is 61.7 Å². The number of sulfonamides is 1. The van der Waals surface area contributed by atoms with Gasteiger partial charge in [-0.3, -0.25) is 9.10 Å². The summed E-state index contributed by atoms with van der Waals surface area (Å²) < 4.78 is 25.7. The van der Waals surface area contributed by atoms with Crippen molar-refractivity contribution >= 4 is 38.6 Å². The summed E-state index contributed by atoms with van der Waals surface area (Å²) in [5.74, 6) is -0.100. The fourth-order valence-electron chi connectivity index (χ4n) is 3.84. The summed E-state index contributed by atoms with van der Waals surface area (Å²) in [6.45, 7) is 3.87. The lowest BCUT2D eigenvalue weighted by Gasteiger charge is -2.21. The summed E-state index contributed by atoms with van der Waals surface area (Å²) in [5, 5.41) is 5.60. The molecule has 1 aliphatic rings. The van der Waals surface area contributed by atoms with Gasteiger partial charge < -0.3 is 5.32 Å². The van der Waals surface area contributed by atoms with Crippen LogP contribution in [0.1, 0.15) is 23.1 Å². The Morgan fingerprint density at radius 2 is 2.03 bits per heavy atom. The van der Waals surface area contributed by atoms with Gasteiger partial charge in [-0.05, 0) is 49.6 Å². The lowest BCUT2D eigenvalue weighted by atomic mass is 10.1. The Bertz CT molecular complexity index is 1220. The molecule has 0 unspecified atom stereocenters. The van der Waals surface area contributed by atoms with Crippen molar-refractivity contribution < 1.29 is 13.2 Å². The van der Waals surface area contributed by atoms with Gasteiger partial charge in [0, 0.05) is 22.7 Å². The summed E-state index contributed by atoms with van der Waals surface area (Å²) in [6, 6.07) is 13.3. The molecule has 0 fully saturated rings. The van der Waals surface area contributed by atoms with Crippen LogP contribution in [0.4, 0.5) is 11.4 Å². The largest absolute Gasteiger partial charge is 0.325 e.